The number of nitrogens with zero attached hydrogens (tertiary/aromatic N) is 2. The first-order valence-corrected chi connectivity index (χ1v) is 8.23. The number of carbonyl (C=O) groups excluding carboxylic acids is 1. The fourth-order valence-corrected chi connectivity index (χ4v) is 2.86. The van der Waals surface area contributed by atoms with Crippen molar-refractivity contribution in [2.45, 2.75) is 18.9 Å². The molecule has 0 spiro atoms. The molecule has 3 aromatic rings. The van der Waals surface area contributed by atoms with Crippen molar-refractivity contribution < 1.29 is 9.18 Å². The van der Waals surface area contributed by atoms with Gasteiger partial charge in [-0.25, -0.2) is 9.37 Å². The molecule has 1 amide bonds. The molecule has 130 valence electrons. The Morgan fingerprint density at radius 1 is 1.24 bits per heavy atom. The van der Waals surface area contributed by atoms with Crippen molar-refractivity contribution in [3.63, 3.8) is 0 Å². The zero-order chi connectivity index (χ0) is 17.8. The van der Waals surface area contributed by atoms with Gasteiger partial charge in [0.1, 0.15) is 11.3 Å². The average Bonchev–Trinajstić information content (AvgIpc) is 2.93. The van der Waals surface area contributed by atoms with E-state index in [1.54, 1.807) is 6.07 Å². The summed E-state index contributed by atoms with van der Waals surface area (Å²) in [4.78, 5) is 16.4. The van der Waals surface area contributed by atoms with Gasteiger partial charge in [0.05, 0.1) is 5.52 Å². The van der Waals surface area contributed by atoms with Crippen molar-refractivity contribution >= 4 is 16.9 Å². The summed E-state index contributed by atoms with van der Waals surface area (Å²) in [5.41, 5.74) is 8.09. The number of rotatable bonds is 6. The minimum Gasteiger partial charge on any atom is -0.356 e. The SMILES string of the molecule is Cn1c(CCNC(=O)CC(N)c2ccccc2)nc2c(F)cccc21. The molecule has 2 aromatic carbocycles. The predicted octanol–water partition coefficient (Wildman–Crippen LogP) is 2.46. The van der Waals surface area contributed by atoms with Crippen LogP contribution in [-0.4, -0.2) is 22.0 Å². The number of imidazole rings is 1. The van der Waals surface area contributed by atoms with Gasteiger partial charge in [-0.2, -0.15) is 0 Å². The third kappa shape index (κ3) is 3.85. The monoisotopic (exact) mass is 340 g/mol. The maximum absolute atomic E-state index is 13.8. The van der Waals surface area contributed by atoms with Crippen molar-refractivity contribution in [2.75, 3.05) is 6.54 Å². The Balaban J connectivity index is 1.55. The van der Waals surface area contributed by atoms with E-state index in [0.717, 1.165) is 16.9 Å². The second-order valence-electron chi connectivity index (χ2n) is 6.02. The number of aromatic nitrogens is 2. The second-order valence-corrected chi connectivity index (χ2v) is 6.02. The van der Waals surface area contributed by atoms with Crippen molar-refractivity contribution in [1.29, 1.82) is 0 Å². The Morgan fingerprint density at radius 2 is 2.00 bits per heavy atom. The number of carbonyl (C=O) groups is 1. The van der Waals surface area contributed by atoms with Gasteiger partial charge in [0, 0.05) is 32.5 Å². The van der Waals surface area contributed by atoms with Gasteiger partial charge in [-0.15, -0.1) is 0 Å². The number of hydrogen-bond donors (Lipinski definition) is 2. The molecule has 0 radical (unpaired) electrons. The summed E-state index contributed by atoms with van der Waals surface area (Å²) in [5.74, 6) is 0.284. The molecule has 1 atom stereocenters. The topological polar surface area (TPSA) is 72.9 Å². The number of fused-ring (bicyclic) bond motifs is 1. The Hall–Kier alpha value is -2.73. The minimum absolute atomic E-state index is 0.110. The van der Waals surface area contributed by atoms with E-state index in [4.69, 9.17) is 5.73 Å². The standard InChI is InChI=1S/C19H21FN4O/c1-24-16-9-5-8-14(20)19(16)23-17(24)10-11-22-18(25)12-15(21)13-6-3-2-4-7-13/h2-9,15H,10-12,21H2,1H3,(H,22,25). The van der Waals surface area contributed by atoms with Crippen LogP contribution in [0, 0.1) is 5.82 Å². The van der Waals surface area contributed by atoms with E-state index < -0.39 is 0 Å². The molecular weight excluding hydrogens is 319 g/mol. The molecule has 1 heterocycles. The first-order chi connectivity index (χ1) is 12.1. The summed E-state index contributed by atoms with van der Waals surface area (Å²) in [6.07, 6.45) is 0.748. The molecule has 1 aromatic heterocycles. The third-order valence-electron chi connectivity index (χ3n) is 4.26. The van der Waals surface area contributed by atoms with Crippen LogP contribution >= 0.6 is 0 Å². The summed E-state index contributed by atoms with van der Waals surface area (Å²) in [6, 6.07) is 14.1. The molecule has 5 nitrogen and oxygen atoms in total. The van der Waals surface area contributed by atoms with E-state index in [2.05, 4.69) is 10.3 Å². The summed E-state index contributed by atoms with van der Waals surface area (Å²) >= 11 is 0. The highest BCUT2D eigenvalue weighted by Crippen LogP contribution is 2.18. The van der Waals surface area contributed by atoms with Gasteiger partial charge < -0.3 is 15.6 Å². The number of nitrogens with one attached hydrogen (secondary N) is 1. The van der Waals surface area contributed by atoms with Crippen LogP contribution in [0.1, 0.15) is 23.9 Å². The highest BCUT2D eigenvalue weighted by Gasteiger charge is 2.13. The van der Waals surface area contributed by atoms with E-state index in [1.165, 1.54) is 6.07 Å². The molecule has 0 aliphatic heterocycles. The van der Waals surface area contributed by atoms with Crippen LogP contribution in [0.15, 0.2) is 48.5 Å². The lowest BCUT2D eigenvalue weighted by atomic mass is 10.0. The zero-order valence-electron chi connectivity index (χ0n) is 14.1. The number of nitrogens with two attached hydrogens (primary N) is 1. The lowest BCUT2D eigenvalue weighted by Crippen LogP contribution is -2.29. The molecule has 0 bridgehead atoms. The Bertz CT molecular complexity index is 876. The van der Waals surface area contributed by atoms with Crippen molar-refractivity contribution in [3.8, 4) is 0 Å². The van der Waals surface area contributed by atoms with Gasteiger partial charge in [0.15, 0.2) is 5.82 Å². The maximum atomic E-state index is 13.8. The molecule has 0 aliphatic rings. The van der Waals surface area contributed by atoms with Gasteiger partial charge >= 0.3 is 0 Å². The summed E-state index contributed by atoms with van der Waals surface area (Å²) in [7, 11) is 1.84. The van der Waals surface area contributed by atoms with Crippen LogP contribution < -0.4 is 11.1 Å². The Morgan fingerprint density at radius 3 is 2.72 bits per heavy atom. The normalized spacial score (nSPS) is 12.3. The first-order valence-electron chi connectivity index (χ1n) is 8.23. The number of para-hydroxylation sites is 1. The van der Waals surface area contributed by atoms with Gasteiger partial charge in [0.2, 0.25) is 5.91 Å². The van der Waals surface area contributed by atoms with Crippen LogP contribution in [0.3, 0.4) is 0 Å². The Labute approximate surface area is 145 Å². The lowest BCUT2D eigenvalue weighted by Gasteiger charge is -2.12. The molecule has 0 aliphatic carbocycles. The van der Waals surface area contributed by atoms with Crippen molar-refractivity contribution in [3.05, 3.63) is 65.7 Å². The predicted molar refractivity (Wildman–Crippen MR) is 95.4 cm³/mol. The first kappa shape index (κ1) is 17.1. The highest BCUT2D eigenvalue weighted by molar-refractivity contribution is 5.77. The average molecular weight is 340 g/mol. The number of benzene rings is 2. The van der Waals surface area contributed by atoms with Crippen LogP contribution in [-0.2, 0) is 18.3 Å². The molecule has 0 fully saturated rings. The molecule has 3 rings (SSSR count). The third-order valence-corrected chi connectivity index (χ3v) is 4.26. The fourth-order valence-electron chi connectivity index (χ4n) is 2.86. The molecule has 25 heavy (non-hydrogen) atoms. The van der Waals surface area contributed by atoms with E-state index in [1.807, 2.05) is 48.0 Å². The number of amides is 1. The lowest BCUT2D eigenvalue weighted by molar-refractivity contribution is -0.121. The molecule has 1 unspecified atom stereocenters. The second kappa shape index (κ2) is 7.44. The van der Waals surface area contributed by atoms with Crippen molar-refractivity contribution in [2.24, 2.45) is 12.8 Å². The largest absolute Gasteiger partial charge is 0.356 e. The number of aryl methyl sites for hydroxylation is 1. The zero-order valence-corrected chi connectivity index (χ0v) is 14.1. The van der Waals surface area contributed by atoms with Gasteiger partial charge in [0.25, 0.3) is 0 Å². The summed E-state index contributed by atoms with van der Waals surface area (Å²) in [5, 5.41) is 2.85. The summed E-state index contributed by atoms with van der Waals surface area (Å²) < 4.78 is 15.6. The number of hydrogen-bond acceptors (Lipinski definition) is 3. The fraction of sp³-hybridized carbons (Fsp3) is 0.263. The minimum atomic E-state index is -0.336. The smallest absolute Gasteiger partial charge is 0.221 e. The van der Waals surface area contributed by atoms with Crippen LogP contribution in [0.25, 0.3) is 11.0 Å². The Kier molecular flexibility index (Phi) is 5.09. The van der Waals surface area contributed by atoms with E-state index >= 15 is 0 Å². The van der Waals surface area contributed by atoms with Gasteiger partial charge in [-0.05, 0) is 17.7 Å². The van der Waals surface area contributed by atoms with Gasteiger partial charge in [-0.3, -0.25) is 4.79 Å². The molecule has 0 saturated heterocycles. The van der Waals surface area contributed by atoms with Crippen LogP contribution in [0.2, 0.25) is 0 Å². The van der Waals surface area contributed by atoms with E-state index in [9.17, 15) is 9.18 Å². The number of halogens is 1. The van der Waals surface area contributed by atoms with E-state index in [-0.39, 0.29) is 24.2 Å². The summed E-state index contributed by atoms with van der Waals surface area (Å²) in [6.45, 7) is 0.430. The quantitative estimate of drug-likeness (QED) is 0.724. The molecule has 0 saturated carbocycles. The molecular formula is C19H21FN4O. The maximum Gasteiger partial charge on any atom is 0.221 e. The molecule has 3 N–H and O–H groups in total. The van der Waals surface area contributed by atoms with Crippen molar-refractivity contribution in [1.82, 2.24) is 14.9 Å². The van der Waals surface area contributed by atoms with Gasteiger partial charge in [-0.1, -0.05) is 36.4 Å². The molecule has 6 heteroatoms. The van der Waals surface area contributed by atoms with E-state index in [0.29, 0.717) is 18.5 Å². The highest BCUT2D eigenvalue weighted by atomic mass is 19.1. The van der Waals surface area contributed by atoms with Crippen LogP contribution in [0.4, 0.5) is 4.39 Å². The van der Waals surface area contributed by atoms with Crippen LogP contribution in [0.5, 0.6) is 0 Å².